The Morgan fingerprint density at radius 2 is 0.631 bits per heavy atom. The Kier molecular flexibility index (Phi) is 16.5. The number of nitrogens with one attached hydrogen (secondary N) is 1. The van der Waals surface area contributed by atoms with Crippen LogP contribution in [-0.2, 0) is 13.0 Å². The Labute approximate surface area is 357 Å². The third-order valence-corrected chi connectivity index (χ3v) is 10.4. The van der Waals surface area contributed by atoms with Crippen LogP contribution in [0.25, 0.3) is 0 Å². The van der Waals surface area contributed by atoms with Gasteiger partial charge in [0.2, 0.25) is 0 Å². The van der Waals surface area contributed by atoms with Crippen molar-refractivity contribution in [2.45, 2.75) is 60.4 Å². The van der Waals surface area contributed by atoms with Crippen LogP contribution >= 0.6 is 0 Å². The summed E-state index contributed by atoms with van der Waals surface area (Å²) in [6.45, 7) is 15.3. The van der Waals surface area contributed by atoms with E-state index in [0.29, 0.717) is 0 Å². The minimum absolute atomic E-state index is 0.770. The standard InChI is InChI=1S/C24BF20.C19H33N/c26-5-1(6(27)14(35)21(42)13(5)34)25(2-7(28)15(36)22(43)16(37)8(2)29,3-9(30)17(38)23(44)18(39)10(3)31)4-11(32)19(40)24(45)20(41)12(4)33;1-6-7-9-18-10-8-11-19(12-18)15-20(13-16(2)3)14-17(4)5/h;8,10-12,16-17H,6-7,9,13-15H2,1-5H3/q-1;/p+1. The van der Waals surface area contributed by atoms with Crippen LogP contribution in [0.3, 0.4) is 0 Å². The van der Waals surface area contributed by atoms with Crippen molar-refractivity contribution in [2.75, 3.05) is 13.1 Å². The van der Waals surface area contributed by atoms with Gasteiger partial charge in [-0.2, -0.15) is 0 Å². The lowest BCUT2D eigenvalue weighted by molar-refractivity contribution is -0.919. The molecular weight excluding hydrogens is 921 g/mol. The van der Waals surface area contributed by atoms with Gasteiger partial charge in [0.25, 0.3) is 0 Å². The minimum atomic E-state index is -7.22. The fourth-order valence-electron chi connectivity index (χ4n) is 7.82. The molecule has 0 aliphatic heterocycles. The average molecular weight is 956 g/mol. The van der Waals surface area contributed by atoms with E-state index in [4.69, 9.17) is 0 Å². The maximum atomic E-state index is 15.4. The molecule has 0 fully saturated rings. The summed E-state index contributed by atoms with van der Waals surface area (Å²) in [6, 6.07) is 9.25. The van der Waals surface area contributed by atoms with Gasteiger partial charge in [0.1, 0.15) is 59.2 Å². The van der Waals surface area contributed by atoms with Crippen molar-refractivity contribution >= 4 is 28.0 Å². The van der Waals surface area contributed by atoms with Gasteiger partial charge in [0.15, 0.2) is 69.8 Å². The molecule has 0 radical (unpaired) electrons. The average Bonchev–Trinajstić information content (AvgIpc) is 3.25. The van der Waals surface area contributed by atoms with E-state index in [2.05, 4.69) is 58.9 Å². The molecule has 0 saturated carbocycles. The quantitative estimate of drug-likeness (QED) is 0.0520. The summed E-state index contributed by atoms with van der Waals surface area (Å²) in [5, 5.41) is 0. The van der Waals surface area contributed by atoms with Crippen LogP contribution in [0.2, 0.25) is 0 Å². The smallest absolute Gasteiger partial charge is 0.200 e. The molecule has 0 saturated heterocycles. The van der Waals surface area contributed by atoms with Gasteiger partial charge in [-0.05, 0) is 18.4 Å². The first kappa shape index (κ1) is 52.4. The van der Waals surface area contributed by atoms with Gasteiger partial charge in [0.05, 0.1) is 13.1 Å². The highest BCUT2D eigenvalue weighted by Crippen LogP contribution is 2.31. The molecule has 5 rings (SSSR count). The van der Waals surface area contributed by atoms with Gasteiger partial charge < -0.3 is 4.90 Å². The predicted molar refractivity (Wildman–Crippen MR) is 198 cm³/mol. The molecule has 0 bridgehead atoms. The minimum Gasteiger partial charge on any atom is -0.331 e. The van der Waals surface area contributed by atoms with Crippen LogP contribution in [0.5, 0.6) is 0 Å². The molecule has 354 valence electrons. The summed E-state index contributed by atoms with van der Waals surface area (Å²) in [5.41, 5.74) is -11.3. The predicted octanol–water partition coefficient (Wildman–Crippen LogP) is 9.57. The second kappa shape index (κ2) is 20.5. The first-order chi connectivity index (χ1) is 30.2. The first-order valence-corrected chi connectivity index (χ1v) is 19.4. The number of aryl methyl sites for hydroxylation is 1. The van der Waals surface area contributed by atoms with E-state index in [-0.39, 0.29) is 0 Å². The lowest BCUT2D eigenvalue weighted by Crippen LogP contribution is -3.11. The second-order valence-electron chi connectivity index (χ2n) is 15.8. The van der Waals surface area contributed by atoms with Crippen LogP contribution in [0.1, 0.15) is 58.6 Å². The number of hydrogen-bond donors (Lipinski definition) is 1. The zero-order valence-corrected chi connectivity index (χ0v) is 34.3. The van der Waals surface area contributed by atoms with Crippen molar-refractivity contribution < 1.29 is 92.7 Å². The Morgan fingerprint density at radius 3 is 0.877 bits per heavy atom. The molecule has 0 amide bonds. The van der Waals surface area contributed by atoms with Crippen molar-refractivity contribution in [3.05, 3.63) is 152 Å². The molecule has 0 spiro atoms. The van der Waals surface area contributed by atoms with Crippen molar-refractivity contribution in [1.82, 2.24) is 0 Å². The number of rotatable bonds is 13. The highest BCUT2D eigenvalue weighted by atomic mass is 19.2. The second-order valence-corrected chi connectivity index (χ2v) is 15.8. The van der Waals surface area contributed by atoms with Gasteiger partial charge in [-0.25, -0.2) is 87.8 Å². The fourth-order valence-corrected chi connectivity index (χ4v) is 7.82. The summed E-state index contributed by atoms with van der Waals surface area (Å²) < 4.78 is 294. The van der Waals surface area contributed by atoms with Gasteiger partial charge >= 0.3 is 0 Å². The van der Waals surface area contributed by atoms with E-state index in [0.717, 1.165) is 11.8 Å². The molecule has 0 aliphatic carbocycles. The summed E-state index contributed by atoms with van der Waals surface area (Å²) in [7, 11) is 0. The summed E-state index contributed by atoms with van der Waals surface area (Å²) >= 11 is 0. The van der Waals surface area contributed by atoms with Crippen molar-refractivity contribution in [2.24, 2.45) is 11.8 Å². The Hall–Kier alpha value is -5.28. The molecule has 0 atom stereocenters. The van der Waals surface area contributed by atoms with Crippen molar-refractivity contribution in [3.8, 4) is 0 Å². The normalized spacial score (nSPS) is 11.9. The van der Waals surface area contributed by atoms with Gasteiger partial charge in [-0.1, -0.05) is 65.3 Å². The van der Waals surface area contributed by atoms with E-state index in [1.807, 2.05) is 0 Å². The Balaban J connectivity index is 0.000000387. The van der Waals surface area contributed by atoms with Gasteiger partial charge in [-0.15, -0.1) is 21.9 Å². The topological polar surface area (TPSA) is 4.44 Å². The number of quaternary nitrogens is 1. The van der Waals surface area contributed by atoms with Crippen LogP contribution in [0.4, 0.5) is 87.8 Å². The van der Waals surface area contributed by atoms with Crippen LogP contribution in [-0.4, -0.2) is 19.2 Å². The number of halogens is 20. The van der Waals surface area contributed by atoms with Crippen molar-refractivity contribution in [1.29, 1.82) is 0 Å². The molecule has 1 nitrogen and oxygen atoms in total. The number of unbranched alkanes of at least 4 members (excludes halogenated alkanes) is 1. The van der Waals surface area contributed by atoms with E-state index in [1.54, 1.807) is 4.90 Å². The summed E-state index contributed by atoms with van der Waals surface area (Å²) in [6.07, 6.45) is -3.40. The molecule has 1 N–H and O–H groups in total. The molecule has 5 aromatic carbocycles. The first-order valence-electron chi connectivity index (χ1n) is 19.4. The van der Waals surface area contributed by atoms with E-state index in [9.17, 15) is 52.7 Å². The maximum Gasteiger partial charge on any atom is 0.200 e. The summed E-state index contributed by atoms with van der Waals surface area (Å²) in [4.78, 5) is 1.72. The molecule has 0 aromatic heterocycles. The molecule has 65 heavy (non-hydrogen) atoms. The van der Waals surface area contributed by atoms with Gasteiger partial charge in [0, 0.05) is 17.4 Å². The lowest BCUT2D eigenvalue weighted by Gasteiger charge is -2.44. The van der Waals surface area contributed by atoms with Crippen LogP contribution < -0.4 is 26.8 Å². The zero-order valence-electron chi connectivity index (χ0n) is 34.3. The van der Waals surface area contributed by atoms with E-state index < -0.39 is 144 Å². The zero-order chi connectivity index (χ0) is 49.3. The highest BCUT2D eigenvalue weighted by Gasteiger charge is 2.52. The molecule has 0 heterocycles. The van der Waals surface area contributed by atoms with Crippen molar-refractivity contribution in [3.63, 3.8) is 0 Å². The molecule has 0 aliphatic rings. The fraction of sp³-hybridized carbons (Fsp3) is 0.302. The number of benzene rings is 5. The third-order valence-electron chi connectivity index (χ3n) is 10.4. The SMILES string of the molecule is CCCCc1cccc(C[NH+](CC(C)C)CC(C)C)c1.Fc1c(F)c(F)c([B-](c2c(F)c(F)c(F)c(F)c2F)(c2c(F)c(F)c(F)c(F)c2F)c2c(F)c(F)c(F)c(F)c2F)c(F)c1F. The number of hydrogen-bond acceptors (Lipinski definition) is 0. The van der Waals surface area contributed by atoms with E-state index in [1.165, 1.54) is 50.0 Å². The highest BCUT2D eigenvalue weighted by molar-refractivity contribution is 7.20. The monoisotopic (exact) mass is 955 g/mol. The molecule has 22 heteroatoms. The third kappa shape index (κ3) is 9.54. The summed E-state index contributed by atoms with van der Waals surface area (Å²) in [5.74, 6) is -69.9. The van der Waals surface area contributed by atoms with Gasteiger partial charge in [-0.3, -0.25) is 0 Å². The lowest BCUT2D eigenvalue weighted by atomic mass is 9.12. The molecular formula is C43H34BF20N. The van der Waals surface area contributed by atoms with E-state index >= 15 is 35.1 Å². The van der Waals surface area contributed by atoms with Crippen LogP contribution in [0.15, 0.2) is 24.3 Å². The molecule has 0 unspecified atom stereocenters. The largest absolute Gasteiger partial charge is 0.331 e. The Morgan fingerprint density at radius 1 is 0.385 bits per heavy atom. The Bertz CT molecular complexity index is 2200. The maximum absolute atomic E-state index is 15.4. The van der Waals surface area contributed by atoms with Crippen LogP contribution in [0, 0.1) is 128 Å². The molecule has 5 aromatic rings.